The van der Waals surface area contributed by atoms with Crippen molar-refractivity contribution in [3.8, 4) is 0 Å². The van der Waals surface area contributed by atoms with Gasteiger partial charge in [0.1, 0.15) is 0 Å². The van der Waals surface area contributed by atoms with Crippen LogP contribution in [0, 0.1) is 0 Å². The Labute approximate surface area is 123 Å². The molecule has 1 fully saturated rings. The van der Waals surface area contributed by atoms with Crippen LogP contribution in [-0.4, -0.2) is 38.3 Å². The van der Waals surface area contributed by atoms with Gasteiger partial charge in [0.25, 0.3) is 0 Å². The molecule has 4 nitrogen and oxygen atoms in total. The van der Waals surface area contributed by atoms with Gasteiger partial charge in [-0.25, -0.2) is 4.79 Å². The minimum atomic E-state index is -0.345. The van der Waals surface area contributed by atoms with Gasteiger partial charge in [-0.2, -0.15) is 0 Å². The van der Waals surface area contributed by atoms with Crippen molar-refractivity contribution in [1.29, 1.82) is 0 Å². The molecule has 2 atom stereocenters. The number of rotatable bonds is 4. The summed E-state index contributed by atoms with van der Waals surface area (Å²) >= 11 is 1.69. The Balaban J connectivity index is 2.07. The van der Waals surface area contributed by atoms with Gasteiger partial charge in [-0.05, 0) is 24.1 Å². The molecular weight excluding hydrogens is 276 g/mol. The molecule has 0 unspecified atom stereocenters. The summed E-state index contributed by atoms with van der Waals surface area (Å²) in [5.41, 5.74) is 0.929. The molecule has 1 aromatic carbocycles. The van der Waals surface area contributed by atoms with Crippen molar-refractivity contribution in [3.63, 3.8) is 0 Å². The molecule has 1 heterocycles. The Hall–Kier alpha value is -1.30. The van der Waals surface area contributed by atoms with Crippen molar-refractivity contribution < 1.29 is 19.0 Å². The maximum absolute atomic E-state index is 11.3. The zero-order valence-corrected chi connectivity index (χ0v) is 12.4. The van der Waals surface area contributed by atoms with E-state index in [2.05, 4.69) is 16.9 Å². The maximum Gasteiger partial charge on any atom is 0.330 e. The first-order chi connectivity index (χ1) is 9.72. The molecule has 0 aliphatic carbocycles. The summed E-state index contributed by atoms with van der Waals surface area (Å²) in [6.07, 6.45) is 1.98. The van der Waals surface area contributed by atoms with Gasteiger partial charge in [0.15, 0.2) is 6.29 Å². The number of methoxy groups -OCH3 is 2. The van der Waals surface area contributed by atoms with E-state index in [1.165, 1.54) is 13.2 Å². The van der Waals surface area contributed by atoms with Crippen molar-refractivity contribution in [2.45, 2.75) is 22.9 Å². The van der Waals surface area contributed by atoms with Crippen molar-refractivity contribution in [1.82, 2.24) is 0 Å². The monoisotopic (exact) mass is 294 g/mol. The van der Waals surface area contributed by atoms with E-state index in [9.17, 15) is 4.79 Å². The molecule has 5 heteroatoms. The molecule has 0 radical (unpaired) electrons. The van der Waals surface area contributed by atoms with Crippen LogP contribution in [-0.2, 0) is 19.0 Å². The molecule has 0 spiro atoms. The van der Waals surface area contributed by atoms with Gasteiger partial charge in [-0.3, -0.25) is 0 Å². The third-order valence-corrected chi connectivity index (χ3v) is 4.22. The van der Waals surface area contributed by atoms with E-state index in [0.717, 1.165) is 16.9 Å². The number of ether oxygens (including phenoxy) is 3. The number of benzene rings is 1. The molecular formula is C15H18O4S. The first-order valence-electron chi connectivity index (χ1n) is 6.36. The van der Waals surface area contributed by atoms with E-state index in [0.29, 0.717) is 6.61 Å². The first-order valence-corrected chi connectivity index (χ1v) is 7.24. The van der Waals surface area contributed by atoms with E-state index in [-0.39, 0.29) is 17.5 Å². The van der Waals surface area contributed by atoms with Crippen LogP contribution in [0.1, 0.15) is 6.42 Å². The first kappa shape index (κ1) is 15.1. The molecule has 108 valence electrons. The molecule has 0 N–H and O–H groups in total. The summed E-state index contributed by atoms with van der Waals surface area (Å²) in [4.78, 5) is 12.5. The summed E-state index contributed by atoms with van der Waals surface area (Å²) in [5.74, 6) is -0.345. The average Bonchev–Trinajstić information content (AvgIpc) is 2.48. The average molecular weight is 294 g/mol. The lowest BCUT2D eigenvalue weighted by Gasteiger charge is -2.31. The summed E-state index contributed by atoms with van der Waals surface area (Å²) in [7, 11) is 3.01. The molecule has 2 rings (SSSR count). The SMILES string of the molecule is COC(=O)/C=C1\CO[C@H](OC)[C@@H](Sc2ccccc2)C1. The number of carbonyl (C=O) groups is 1. The summed E-state index contributed by atoms with van der Waals surface area (Å²) in [6, 6.07) is 10.1. The Morgan fingerprint density at radius 1 is 1.35 bits per heavy atom. The van der Waals surface area contributed by atoms with E-state index < -0.39 is 0 Å². The van der Waals surface area contributed by atoms with Gasteiger partial charge in [-0.1, -0.05) is 18.2 Å². The molecule has 1 saturated heterocycles. The Morgan fingerprint density at radius 3 is 2.75 bits per heavy atom. The maximum atomic E-state index is 11.3. The highest BCUT2D eigenvalue weighted by Crippen LogP contribution is 2.34. The van der Waals surface area contributed by atoms with Crippen LogP contribution in [0.2, 0.25) is 0 Å². The minimum Gasteiger partial charge on any atom is -0.466 e. The van der Waals surface area contributed by atoms with E-state index in [1.54, 1.807) is 18.9 Å². The molecule has 1 aromatic rings. The number of carbonyl (C=O) groups excluding carboxylic acids is 1. The van der Waals surface area contributed by atoms with Gasteiger partial charge in [-0.15, -0.1) is 11.8 Å². The summed E-state index contributed by atoms with van der Waals surface area (Å²) < 4.78 is 15.7. The quantitative estimate of drug-likeness (QED) is 0.631. The second kappa shape index (κ2) is 7.47. The third-order valence-electron chi connectivity index (χ3n) is 2.99. The van der Waals surface area contributed by atoms with E-state index >= 15 is 0 Å². The smallest absolute Gasteiger partial charge is 0.330 e. The lowest BCUT2D eigenvalue weighted by molar-refractivity contribution is -0.136. The Morgan fingerprint density at radius 2 is 2.10 bits per heavy atom. The van der Waals surface area contributed by atoms with Gasteiger partial charge in [0.2, 0.25) is 0 Å². The summed E-state index contributed by atoms with van der Waals surface area (Å²) in [6.45, 7) is 0.402. The van der Waals surface area contributed by atoms with Crippen molar-refractivity contribution in [3.05, 3.63) is 42.0 Å². The Kier molecular flexibility index (Phi) is 5.64. The summed E-state index contributed by atoms with van der Waals surface area (Å²) in [5, 5.41) is 0.118. The third kappa shape index (κ3) is 4.10. The highest BCUT2D eigenvalue weighted by atomic mass is 32.2. The van der Waals surface area contributed by atoms with E-state index in [4.69, 9.17) is 9.47 Å². The molecule has 1 aliphatic heterocycles. The molecule has 0 aromatic heterocycles. The highest BCUT2D eigenvalue weighted by Gasteiger charge is 2.29. The number of esters is 1. The van der Waals surface area contributed by atoms with Crippen LogP contribution in [0.3, 0.4) is 0 Å². The minimum absolute atomic E-state index is 0.118. The molecule has 0 saturated carbocycles. The zero-order valence-electron chi connectivity index (χ0n) is 11.6. The second-order valence-electron chi connectivity index (χ2n) is 4.41. The normalized spacial score (nSPS) is 24.6. The number of thioether (sulfide) groups is 1. The van der Waals surface area contributed by atoms with Crippen molar-refractivity contribution >= 4 is 17.7 Å². The largest absolute Gasteiger partial charge is 0.466 e. The topological polar surface area (TPSA) is 44.8 Å². The molecule has 20 heavy (non-hydrogen) atoms. The fourth-order valence-electron chi connectivity index (χ4n) is 2.03. The zero-order chi connectivity index (χ0) is 14.4. The lowest BCUT2D eigenvalue weighted by Crippen LogP contribution is -2.34. The van der Waals surface area contributed by atoms with Gasteiger partial charge in [0, 0.05) is 18.1 Å². The Bertz CT molecular complexity index is 472. The van der Waals surface area contributed by atoms with Gasteiger partial charge < -0.3 is 14.2 Å². The van der Waals surface area contributed by atoms with Crippen molar-refractivity contribution in [2.75, 3.05) is 20.8 Å². The fourth-order valence-corrected chi connectivity index (χ4v) is 3.29. The lowest BCUT2D eigenvalue weighted by atomic mass is 10.1. The van der Waals surface area contributed by atoms with Crippen LogP contribution in [0.4, 0.5) is 0 Å². The number of hydrogen-bond donors (Lipinski definition) is 0. The van der Waals surface area contributed by atoms with Crippen molar-refractivity contribution in [2.24, 2.45) is 0 Å². The molecule has 0 bridgehead atoms. The number of hydrogen-bond acceptors (Lipinski definition) is 5. The van der Waals surface area contributed by atoms with Gasteiger partial charge in [0.05, 0.1) is 19.0 Å². The molecule has 0 amide bonds. The van der Waals surface area contributed by atoms with Crippen LogP contribution < -0.4 is 0 Å². The molecule has 1 aliphatic rings. The van der Waals surface area contributed by atoms with Gasteiger partial charge >= 0.3 is 5.97 Å². The highest BCUT2D eigenvalue weighted by molar-refractivity contribution is 8.00. The fraction of sp³-hybridized carbons (Fsp3) is 0.400. The van der Waals surface area contributed by atoms with Crippen LogP contribution in [0.25, 0.3) is 0 Å². The predicted octanol–water partition coefficient (Wildman–Crippen LogP) is 2.64. The standard InChI is InChI=1S/C15H18O4S/c1-17-14(16)9-11-8-13(15(18-2)19-10-11)20-12-6-4-3-5-7-12/h3-7,9,13,15H,8,10H2,1-2H3/b11-9-/t13-,15-/m0/s1. The van der Waals surface area contributed by atoms with Crippen LogP contribution >= 0.6 is 11.8 Å². The second-order valence-corrected chi connectivity index (χ2v) is 5.73. The predicted molar refractivity (Wildman–Crippen MR) is 77.6 cm³/mol. The van der Waals surface area contributed by atoms with Crippen LogP contribution in [0.5, 0.6) is 0 Å². The van der Waals surface area contributed by atoms with Crippen LogP contribution in [0.15, 0.2) is 46.9 Å². The van der Waals surface area contributed by atoms with E-state index in [1.807, 2.05) is 18.2 Å².